The predicted octanol–water partition coefficient (Wildman–Crippen LogP) is 1.85. The fourth-order valence-electron chi connectivity index (χ4n) is 1.71. The first-order valence-corrected chi connectivity index (χ1v) is 4.78. The molecule has 0 unspecified atom stereocenters. The SMILES string of the molecule is C=CC[C@@](O)(c1ccccc1)[C@@H]1CO1. The van der Waals surface area contributed by atoms with Crippen molar-refractivity contribution >= 4 is 0 Å². The summed E-state index contributed by atoms with van der Waals surface area (Å²) >= 11 is 0. The molecule has 1 heterocycles. The molecule has 1 aliphatic rings. The third-order valence-electron chi connectivity index (χ3n) is 2.60. The highest BCUT2D eigenvalue weighted by Gasteiger charge is 2.45. The van der Waals surface area contributed by atoms with Crippen LogP contribution in [0.2, 0.25) is 0 Å². The number of benzene rings is 1. The lowest BCUT2D eigenvalue weighted by atomic mass is 9.87. The average molecular weight is 190 g/mol. The van der Waals surface area contributed by atoms with Crippen molar-refractivity contribution in [1.29, 1.82) is 0 Å². The van der Waals surface area contributed by atoms with Crippen LogP contribution in [0.1, 0.15) is 12.0 Å². The molecular weight excluding hydrogens is 176 g/mol. The largest absolute Gasteiger partial charge is 0.382 e. The summed E-state index contributed by atoms with van der Waals surface area (Å²) in [6.45, 7) is 4.30. The van der Waals surface area contributed by atoms with Crippen molar-refractivity contribution in [3.8, 4) is 0 Å². The van der Waals surface area contributed by atoms with Gasteiger partial charge < -0.3 is 9.84 Å². The maximum Gasteiger partial charge on any atom is 0.121 e. The molecule has 1 aromatic carbocycles. The van der Waals surface area contributed by atoms with Gasteiger partial charge in [-0.2, -0.15) is 0 Å². The molecule has 1 aliphatic heterocycles. The minimum Gasteiger partial charge on any atom is -0.382 e. The second-order valence-corrected chi connectivity index (χ2v) is 3.61. The molecule has 0 aromatic heterocycles. The van der Waals surface area contributed by atoms with Gasteiger partial charge in [-0.3, -0.25) is 0 Å². The van der Waals surface area contributed by atoms with Gasteiger partial charge in [0.1, 0.15) is 11.7 Å². The Morgan fingerprint density at radius 1 is 1.50 bits per heavy atom. The molecule has 1 N–H and O–H groups in total. The number of rotatable bonds is 4. The molecular formula is C12H14O2. The monoisotopic (exact) mass is 190 g/mol. The third kappa shape index (κ3) is 1.59. The van der Waals surface area contributed by atoms with Gasteiger partial charge in [-0.05, 0) is 5.56 Å². The number of ether oxygens (including phenoxy) is 1. The van der Waals surface area contributed by atoms with E-state index in [1.54, 1.807) is 6.08 Å². The Hall–Kier alpha value is -1.12. The van der Waals surface area contributed by atoms with Crippen LogP contribution < -0.4 is 0 Å². The molecule has 0 aliphatic carbocycles. The number of epoxide rings is 1. The number of aliphatic hydroxyl groups is 1. The summed E-state index contributed by atoms with van der Waals surface area (Å²) in [6, 6.07) is 9.62. The molecule has 0 radical (unpaired) electrons. The zero-order valence-corrected chi connectivity index (χ0v) is 8.02. The quantitative estimate of drug-likeness (QED) is 0.580. The van der Waals surface area contributed by atoms with Crippen LogP contribution >= 0.6 is 0 Å². The van der Waals surface area contributed by atoms with Crippen LogP contribution in [0.25, 0.3) is 0 Å². The Bertz CT molecular complexity index is 316. The molecule has 0 bridgehead atoms. The van der Waals surface area contributed by atoms with Gasteiger partial charge >= 0.3 is 0 Å². The Morgan fingerprint density at radius 3 is 2.64 bits per heavy atom. The van der Waals surface area contributed by atoms with Gasteiger partial charge in [0.15, 0.2) is 0 Å². The van der Waals surface area contributed by atoms with Crippen molar-refractivity contribution < 1.29 is 9.84 Å². The minimum absolute atomic E-state index is 0.0668. The molecule has 0 spiro atoms. The van der Waals surface area contributed by atoms with Gasteiger partial charge in [0.25, 0.3) is 0 Å². The van der Waals surface area contributed by atoms with Crippen molar-refractivity contribution in [2.24, 2.45) is 0 Å². The molecule has 1 saturated heterocycles. The van der Waals surface area contributed by atoms with E-state index in [-0.39, 0.29) is 6.10 Å². The standard InChI is InChI=1S/C12H14O2/c1-2-8-12(13,11-9-14-11)10-6-4-3-5-7-10/h2-7,11,13H,1,8-9H2/t11-,12+/m0/s1. The summed E-state index contributed by atoms with van der Waals surface area (Å²) in [7, 11) is 0. The lowest BCUT2D eigenvalue weighted by molar-refractivity contribution is 0.00999. The van der Waals surface area contributed by atoms with E-state index in [1.165, 1.54) is 0 Å². The molecule has 2 rings (SSSR count). The van der Waals surface area contributed by atoms with E-state index in [2.05, 4.69) is 6.58 Å². The second kappa shape index (κ2) is 3.56. The van der Waals surface area contributed by atoms with Crippen molar-refractivity contribution in [3.63, 3.8) is 0 Å². The number of hydrogen-bond donors (Lipinski definition) is 1. The van der Waals surface area contributed by atoms with Crippen molar-refractivity contribution in [2.45, 2.75) is 18.1 Å². The third-order valence-corrected chi connectivity index (χ3v) is 2.60. The highest BCUT2D eigenvalue weighted by molar-refractivity contribution is 5.26. The first-order valence-electron chi connectivity index (χ1n) is 4.78. The van der Waals surface area contributed by atoms with Crippen LogP contribution in [-0.4, -0.2) is 17.8 Å². The van der Waals surface area contributed by atoms with Crippen LogP contribution in [0.15, 0.2) is 43.0 Å². The van der Waals surface area contributed by atoms with Crippen molar-refractivity contribution in [2.75, 3.05) is 6.61 Å². The lowest BCUT2D eigenvalue weighted by Gasteiger charge is -2.25. The van der Waals surface area contributed by atoms with Crippen molar-refractivity contribution in [3.05, 3.63) is 48.6 Å². The lowest BCUT2D eigenvalue weighted by Crippen LogP contribution is -2.31. The van der Waals surface area contributed by atoms with Crippen LogP contribution in [0, 0.1) is 0 Å². The van der Waals surface area contributed by atoms with E-state index in [1.807, 2.05) is 30.3 Å². The van der Waals surface area contributed by atoms with Gasteiger partial charge in [0, 0.05) is 6.42 Å². The molecule has 0 amide bonds. The number of hydrogen-bond acceptors (Lipinski definition) is 2. The predicted molar refractivity (Wildman–Crippen MR) is 54.9 cm³/mol. The van der Waals surface area contributed by atoms with Crippen LogP contribution in [0.5, 0.6) is 0 Å². The van der Waals surface area contributed by atoms with E-state index in [4.69, 9.17) is 4.74 Å². The minimum atomic E-state index is -0.886. The van der Waals surface area contributed by atoms with E-state index in [0.717, 1.165) is 5.56 Å². The average Bonchev–Trinajstić information content (AvgIpc) is 3.03. The van der Waals surface area contributed by atoms with Crippen LogP contribution in [0.3, 0.4) is 0 Å². The maximum atomic E-state index is 10.4. The molecule has 14 heavy (non-hydrogen) atoms. The van der Waals surface area contributed by atoms with E-state index in [9.17, 15) is 5.11 Å². The van der Waals surface area contributed by atoms with E-state index < -0.39 is 5.60 Å². The van der Waals surface area contributed by atoms with Gasteiger partial charge in [0.05, 0.1) is 6.61 Å². The van der Waals surface area contributed by atoms with Crippen LogP contribution in [0.4, 0.5) is 0 Å². The molecule has 2 heteroatoms. The molecule has 0 saturated carbocycles. The van der Waals surface area contributed by atoms with Gasteiger partial charge in [-0.1, -0.05) is 36.4 Å². The Kier molecular flexibility index (Phi) is 2.40. The Morgan fingerprint density at radius 2 is 2.14 bits per heavy atom. The van der Waals surface area contributed by atoms with E-state index >= 15 is 0 Å². The topological polar surface area (TPSA) is 32.8 Å². The normalized spacial score (nSPS) is 23.9. The van der Waals surface area contributed by atoms with Crippen LogP contribution in [-0.2, 0) is 10.3 Å². The van der Waals surface area contributed by atoms with E-state index in [0.29, 0.717) is 13.0 Å². The first kappa shape index (κ1) is 9.44. The summed E-state index contributed by atoms with van der Waals surface area (Å²) in [5.41, 5.74) is 0.0191. The Balaban J connectivity index is 2.30. The fourth-order valence-corrected chi connectivity index (χ4v) is 1.71. The summed E-state index contributed by atoms with van der Waals surface area (Å²) < 4.78 is 5.18. The van der Waals surface area contributed by atoms with Gasteiger partial charge in [0.2, 0.25) is 0 Å². The van der Waals surface area contributed by atoms with Gasteiger partial charge in [-0.25, -0.2) is 0 Å². The Labute approximate surface area is 83.8 Å². The zero-order chi connectivity index (χ0) is 10.0. The maximum absolute atomic E-state index is 10.4. The highest BCUT2D eigenvalue weighted by Crippen LogP contribution is 2.37. The highest BCUT2D eigenvalue weighted by atomic mass is 16.6. The zero-order valence-electron chi connectivity index (χ0n) is 8.02. The second-order valence-electron chi connectivity index (χ2n) is 3.61. The smallest absolute Gasteiger partial charge is 0.121 e. The first-order chi connectivity index (χ1) is 6.77. The summed E-state index contributed by atoms with van der Waals surface area (Å²) in [5.74, 6) is 0. The summed E-state index contributed by atoms with van der Waals surface area (Å²) in [6.07, 6.45) is 2.19. The molecule has 74 valence electrons. The van der Waals surface area contributed by atoms with Crippen molar-refractivity contribution in [1.82, 2.24) is 0 Å². The fraction of sp³-hybridized carbons (Fsp3) is 0.333. The molecule has 2 nitrogen and oxygen atoms in total. The summed E-state index contributed by atoms with van der Waals surface area (Å²) in [5, 5.41) is 10.4. The molecule has 2 atom stereocenters. The molecule has 1 fully saturated rings. The van der Waals surface area contributed by atoms with Gasteiger partial charge in [-0.15, -0.1) is 6.58 Å². The summed E-state index contributed by atoms with van der Waals surface area (Å²) in [4.78, 5) is 0. The molecule has 1 aromatic rings.